The summed E-state index contributed by atoms with van der Waals surface area (Å²) in [6.07, 6.45) is -4.82. The molecule has 1 atom stereocenters. The number of alkyl halides is 5. The normalized spacial score (nSPS) is 15.4. The monoisotopic (exact) mass is 380 g/mol. The van der Waals surface area contributed by atoms with Crippen LogP contribution in [0.4, 0.5) is 26.3 Å². The van der Waals surface area contributed by atoms with Crippen molar-refractivity contribution in [1.29, 1.82) is 0 Å². The maximum Gasteiger partial charge on any atom is 0.457 e. The third kappa shape index (κ3) is 3.82. The van der Waals surface area contributed by atoms with Gasteiger partial charge in [0.05, 0.1) is 0 Å². The Morgan fingerprint density at radius 2 is 1.36 bits per heavy atom. The summed E-state index contributed by atoms with van der Waals surface area (Å²) in [7, 11) is 0. The second kappa shape index (κ2) is 6.72. The van der Waals surface area contributed by atoms with E-state index in [0.717, 1.165) is 42.5 Å². The molecule has 0 radical (unpaired) electrons. The van der Waals surface area contributed by atoms with E-state index in [1.165, 1.54) is 12.1 Å². The van der Waals surface area contributed by atoms with Gasteiger partial charge in [-0.2, -0.15) is 22.0 Å². The van der Waals surface area contributed by atoms with Gasteiger partial charge in [-0.05, 0) is 41.5 Å². The first-order valence-corrected chi connectivity index (χ1v) is 7.23. The van der Waals surface area contributed by atoms with Crippen LogP contribution in [0, 0.1) is 5.82 Å². The molecule has 0 heterocycles. The maximum absolute atomic E-state index is 14.0. The summed E-state index contributed by atoms with van der Waals surface area (Å²) < 4.78 is 79.4. The standard InChI is InChI=1S/C17H11ClF6O/c18-13-5-3-12(4-6-13)15(25,16(20,21)17(22,23)24)10-9-11-1-7-14(19)8-2-11/h1-10,25H/b10-9+. The van der Waals surface area contributed by atoms with Crippen molar-refractivity contribution in [3.05, 3.63) is 76.6 Å². The molecule has 0 bridgehead atoms. The molecule has 0 aliphatic heterocycles. The fraction of sp³-hybridized carbons (Fsp3) is 0.176. The second-order valence-electron chi connectivity index (χ2n) is 5.23. The Hall–Kier alpha value is -1.99. The Bertz CT molecular complexity index is 752. The first kappa shape index (κ1) is 19.3. The van der Waals surface area contributed by atoms with E-state index in [-0.39, 0.29) is 10.6 Å². The van der Waals surface area contributed by atoms with Crippen molar-refractivity contribution >= 4 is 17.7 Å². The summed E-state index contributed by atoms with van der Waals surface area (Å²) in [5.74, 6) is -6.09. The minimum Gasteiger partial charge on any atom is -0.375 e. The van der Waals surface area contributed by atoms with Gasteiger partial charge in [0, 0.05) is 5.02 Å². The zero-order chi connectivity index (χ0) is 18.9. The average Bonchev–Trinajstić information content (AvgIpc) is 2.53. The van der Waals surface area contributed by atoms with E-state index < -0.39 is 29.1 Å². The van der Waals surface area contributed by atoms with Gasteiger partial charge in [-0.25, -0.2) is 4.39 Å². The van der Waals surface area contributed by atoms with Crippen LogP contribution in [-0.4, -0.2) is 17.2 Å². The first-order chi connectivity index (χ1) is 11.5. The molecule has 2 aromatic carbocycles. The third-order valence-electron chi connectivity index (χ3n) is 3.51. The van der Waals surface area contributed by atoms with Gasteiger partial charge >= 0.3 is 12.1 Å². The van der Waals surface area contributed by atoms with Crippen molar-refractivity contribution in [2.24, 2.45) is 0 Å². The smallest absolute Gasteiger partial charge is 0.375 e. The average molecular weight is 381 g/mol. The molecule has 2 rings (SSSR count). The highest BCUT2D eigenvalue weighted by molar-refractivity contribution is 6.30. The molecule has 0 amide bonds. The number of hydrogen-bond acceptors (Lipinski definition) is 1. The lowest BCUT2D eigenvalue weighted by molar-refractivity contribution is -0.334. The molecule has 25 heavy (non-hydrogen) atoms. The Morgan fingerprint density at radius 3 is 1.84 bits per heavy atom. The molecule has 0 aliphatic carbocycles. The zero-order valence-corrected chi connectivity index (χ0v) is 13.1. The van der Waals surface area contributed by atoms with Gasteiger partial charge in [0.2, 0.25) is 0 Å². The first-order valence-electron chi connectivity index (χ1n) is 6.85. The molecule has 2 aromatic rings. The van der Waals surface area contributed by atoms with Gasteiger partial charge in [-0.3, -0.25) is 0 Å². The molecular weight excluding hydrogens is 370 g/mol. The van der Waals surface area contributed by atoms with Crippen LogP contribution in [0.2, 0.25) is 5.02 Å². The Kier molecular flexibility index (Phi) is 5.20. The zero-order valence-electron chi connectivity index (χ0n) is 12.4. The molecule has 0 aliphatic rings. The molecule has 0 saturated carbocycles. The highest BCUT2D eigenvalue weighted by atomic mass is 35.5. The maximum atomic E-state index is 14.0. The van der Waals surface area contributed by atoms with Gasteiger partial charge in [-0.1, -0.05) is 41.9 Å². The van der Waals surface area contributed by atoms with Crippen LogP contribution in [0.25, 0.3) is 6.08 Å². The van der Waals surface area contributed by atoms with Crippen LogP contribution in [0.5, 0.6) is 0 Å². The van der Waals surface area contributed by atoms with E-state index in [1.54, 1.807) is 0 Å². The highest BCUT2D eigenvalue weighted by Gasteiger charge is 2.69. The molecule has 1 unspecified atom stereocenters. The number of hydrogen-bond donors (Lipinski definition) is 1. The van der Waals surface area contributed by atoms with Crippen LogP contribution >= 0.6 is 11.6 Å². The summed E-state index contributed by atoms with van der Waals surface area (Å²) in [6.45, 7) is 0. The third-order valence-corrected chi connectivity index (χ3v) is 3.76. The van der Waals surface area contributed by atoms with Gasteiger partial charge < -0.3 is 5.11 Å². The van der Waals surface area contributed by atoms with E-state index in [4.69, 9.17) is 11.6 Å². The topological polar surface area (TPSA) is 20.2 Å². The van der Waals surface area contributed by atoms with E-state index in [9.17, 15) is 31.4 Å². The molecule has 0 saturated heterocycles. The van der Waals surface area contributed by atoms with Crippen molar-refractivity contribution in [3.63, 3.8) is 0 Å². The molecule has 8 heteroatoms. The summed E-state index contributed by atoms with van der Waals surface area (Å²) >= 11 is 5.61. The SMILES string of the molecule is OC(/C=C/c1ccc(F)cc1)(c1ccc(Cl)cc1)C(F)(F)C(F)(F)F. The molecule has 134 valence electrons. The fourth-order valence-corrected chi connectivity index (χ4v) is 2.22. The number of benzene rings is 2. The molecule has 1 nitrogen and oxygen atoms in total. The van der Waals surface area contributed by atoms with Crippen LogP contribution in [0.1, 0.15) is 11.1 Å². The second-order valence-corrected chi connectivity index (χ2v) is 5.67. The Morgan fingerprint density at radius 1 is 0.840 bits per heavy atom. The van der Waals surface area contributed by atoms with Crippen molar-refractivity contribution in [1.82, 2.24) is 0 Å². The molecule has 1 N–H and O–H groups in total. The lowest BCUT2D eigenvalue weighted by Gasteiger charge is -2.35. The fourth-order valence-electron chi connectivity index (χ4n) is 2.09. The molecule has 0 spiro atoms. The largest absolute Gasteiger partial charge is 0.457 e. The Labute approximate surface area is 144 Å². The summed E-state index contributed by atoms with van der Waals surface area (Å²) in [5, 5.41) is 10.4. The minimum atomic E-state index is -6.01. The van der Waals surface area contributed by atoms with Crippen LogP contribution in [0.15, 0.2) is 54.6 Å². The molecule has 0 fully saturated rings. The number of rotatable bonds is 4. The lowest BCUT2D eigenvalue weighted by Crippen LogP contribution is -2.53. The molecule has 0 aromatic heterocycles. The van der Waals surface area contributed by atoms with Gasteiger partial charge in [0.25, 0.3) is 0 Å². The van der Waals surface area contributed by atoms with Crippen molar-refractivity contribution in [2.45, 2.75) is 17.7 Å². The highest BCUT2D eigenvalue weighted by Crippen LogP contribution is 2.49. The van der Waals surface area contributed by atoms with E-state index in [1.807, 2.05) is 0 Å². The molecular formula is C17H11ClF6O. The quantitative estimate of drug-likeness (QED) is 0.687. The van der Waals surface area contributed by atoms with Crippen molar-refractivity contribution < 1.29 is 31.4 Å². The van der Waals surface area contributed by atoms with Gasteiger partial charge in [0.15, 0.2) is 5.60 Å². The summed E-state index contributed by atoms with van der Waals surface area (Å²) in [4.78, 5) is 0. The summed E-state index contributed by atoms with van der Waals surface area (Å²) in [6, 6.07) is 8.25. The van der Waals surface area contributed by atoms with Gasteiger partial charge in [-0.15, -0.1) is 0 Å². The van der Waals surface area contributed by atoms with E-state index in [0.29, 0.717) is 6.08 Å². The van der Waals surface area contributed by atoms with Crippen LogP contribution < -0.4 is 0 Å². The minimum absolute atomic E-state index is 0.101. The Balaban J connectivity index is 2.56. The lowest BCUT2D eigenvalue weighted by atomic mass is 9.85. The van der Waals surface area contributed by atoms with E-state index >= 15 is 0 Å². The van der Waals surface area contributed by atoms with Crippen LogP contribution in [0.3, 0.4) is 0 Å². The van der Waals surface area contributed by atoms with Crippen molar-refractivity contribution in [3.8, 4) is 0 Å². The van der Waals surface area contributed by atoms with Gasteiger partial charge in [0.1, 0.15) is 5.82 Å². The predicted molar refractivity (Wildman–Crippen MR) is 81.8 cm³/mol. The van der Waals surface area contributed by atoms with E-state index in [2.05, 4.69) is 0 Å². The number of aliphatic hydroxyl groups is 1. The van der Waals surface area contributed by atoms with Crippen LogP contribution in [-0.2, 0) is 5.60 Å². The predicted octanol–water partition coefficient (Wildman–Crippen LogP) is 5.58. The van der Waals surface area contributed by atoms with Crippen molar-refractivity contribution in [2.75, 3.05) is 0 Å². The number of halogens is 7. The summed E-state index contributed by atoms with van der Waals surface area (Å²) in [5.41, 5.74) is -4.24.